The summed E-state index contributed by atoms with van der Waals surface area (Å²) < 4.78 is 0. The summed E-state index contributed by atoms with van der Waals surface area (Å²) in [6.45, 7) is 2.71. The standard InChI is InChI=1S/C14H19N5/c1-11-17-13(10-14(18-11)19-15)16-9-5-8-12-6-3-2-4-7-12/h2-4,6-7,10H,5,8-9,15H2,1H3,(H2,16,17,18,19). The van der Waals surface area contributed by atoms with Crippen LogP contribution in [0.25, 0.3) is 0 Å². The number of aromatic nitrogens is 2. The molecule has 0 unspecified atom stereocenters. The van der Waals surface area contributed by atoms with E-state index in [1.165, 1.54) is 5.56 Å². The SMILES string of the molecule is Cc1nc(NN)cc(NCCCc2ccccc2)n1. The Kier molecular flexibility index (Phi) is 4.69. The lowest BCUT2D eigenvalue weighted by atomic mass is 10.1. The highest BCUT2D eigenvalue weighted by atomic mass is 15.3. The van der Waals surface area contributed by atoms with E-state index in [-0.39, 0.29) is 0 Å². The van der Waals surface area contributed by atoms with Crippen LogP contribution in [0, 0.1) is 6.92 Å². The Morgan fingerprint density at radius 1 is 1.11 bits per heavy atom. The van der Waals surface area contributed by atoms with E-state index in [0.29, 0.717) is 11.6 Å². The second kappa shape index (κ2) is 6.70. The maximum atomic E-state index is 5.35. The number of aryl methyl sites for hydroxylation is 2. The molecular formula is C14H19N5. The summed E-state index contributed by atoms with van der Waals surface area (Å²) in [6.07, 6.45) is 2.11. The van der Waals surface area contributed by atoms with Gasteiger partial charge in [0.1, 0.15) is 17.5 Å². The zero-order valence-electron chi connectivity index (χ0n) is 11.1. The summed E-state index contributed by atoms with van der Waals surface area (Å²) >= 11 is 0. The first-order chi connectivity index (χ1) is 9.28. The molecule has 0 spiro atoms. The third-order valence-corrected chi connectivity index (χ3v) is 2.78. The van der Waals surface area contributed by atoms with Crippen molar-refractivity contribution in [3.05, 3.63) is 47.8 Å². The van der Waals surface area contributed by atoms with Crippen molar-refractivity contribution < 1.29 is 0 Å². The van der Waals surface area contributed by atoms with Crippen molar-refractivity contribution in [1.82, 2.24) is 9.97 Å². The number of nitrogen functional groups attached to an aromatic ring is 1. The van der Waals surface area contributed by atoms with Gasteiger partial charge in [0.25, 0.3) is 0 Å². The van der Waals surface area contributed by atoms with Crippen LogP contribution in [0.1, 0.15) is 17.8 Å². The Hall–Kier alpha value is -2.14. The third-order valence-electron chi connectivity index (χ3n) is 2.78. The molecule has 1 heterocycles. The Morgan fingerprint density at radius 3 is 2.58 bits per heavy atom. The number of nitrogens with two attached hydrogens (primary N) is 1. The van der Waals surface area contributed by atoms with Gasteiger partial charge in [0, 0.05) is 12.6 Å². The molecule has 2 rings (SSSR count). The molecule has 0 atom stereocenters. The van der Waals surface area contributed by atoms with E-state index in [1.54, 1.807) is 6.07 Å². The Bertz CT molecular complexity index is 512. The average molecular weight is 257 g/mol. The Morgan fingerprint density at radius 2 is 1.84 bits per heavy atom. The molecule has 1 aromatic carbocycles. The molecule has 19 heavy (non-hydrogen) atoms. The van der Waals surface area contributed by atoms with Gasteiger partial charge in [0.2, 0.25) is 0 Å². The molecule has 0 aliphatic heterocycles. The summed E-state index contributed by atoms with van der Waals surface area (Å²) in [5.41, 5.74) is 3.89. The molecule has 5 heteroatoms. The van der Waals surface area contributed by atoms with E-state index in [0.717, 1.165) is 25.2 Å². The van der Waals surface area contributed by atoms with Gasteiger partial charge in [0.15, 0.2) is 0 Å². The second-order valence-corrected chi connectivity index (χ2v) is 4.35. The van der Waals surface area contributed by atoms with E-state index in [1.807, 2.05) is 13.0 Å². The minimum absolute atomic E-state index is 0.623. The van der Waals surface area contributed by atoms with Crippen LogP contribution in [0.5, 0.6) is 0 Å². The first-order valence-electron chi connectivity index (χ1n) is 6.38. The van der Waals surface area contributed by atoms with Crippen LogP contribution in [0.2, 0.25) is 0 Å². The van der Waals surface area contributed by atoms with Gasteiger partial charge in [-0.2, -0.15) is 0 Å². The highest BCUT2D eigenvalue weighted by molar-refractivity contribution is 5.46. The molecular weight excluding hydrogens is 238 g/mol. The first kappa shape index (κ1) is 13.3. The van der Waals surface area contributed by atoms with Crippen molar-refractivity contribution in [3.63, 3.8) is 0 Å². The molecule has 1 aromatic heterocycles. The molecule has 100 valence electrons. The molecule has 0 aliphatic carbocycles. The van der Waals surface area contributed by atoms with Crippen molar-refractivity contribution in [3.8, 4) is 0 Å². The predicted octanol–water partition coefficient (Wildman–Crippen LogP) is 2.12. The van der Waals surface area contributed by atoms with Crippen molar-refractivity contribution in [2.24, 2.45) is 5.84 Å². The summed E-state index contributed by atoms with van der Waals surface area (Å²) in [7, 11) is 0. The van der Waals surface area contributed by atoms with Gasteiger partial charge in [-0.05, 0) is 25.3 Å². The molecule has 0 amide bonds. The number of nitrogens with zero attached hydrogens (tertiary/aromatic N) is 2. The highest BCUT2D eigenvalue weighted by Crippen LogP contribution is 2.10. The molecule has 4 N–H and O–H groups in total. The van der Waals surface area contributed by atoms with E-state index in [9.17, 15) is 0 Å². The number of benzene rings is 1. The van der Waals surface area contributed by atoms with Crippen molar-refractivity contribution in [1.29, 1.82) is 0 Å². The predicted molar refractivity (Wildman–Crippen MR) is 77.8 cm³/mol. The number of rotatable bonds is 6. The molecule has 0 radical (unpaired) electrons. The van der Waals surface area contributed by atoms with Gasteiger partial charge < -0.3 is 10.7 Å². The van der Waals surface area contributed by atoms with Crippen LogP contribution in [0.3, 0.4) is 0 Å². The van der Waals surface area contributed by atoms with Crippen LogP contribution in [-0.4, -0.2) is 16.5 Å². The fourth-order valence-electron chi connectivity index (χ4n) is 1.89. The van der Waals surface area contributed by atoms with Gasteiger partial charge in [-0.25, -0.2) is 15.8 Å². The number of nitrogens with one attached hydrogen (secondary N) is 2. The van der Waals surface area contributed by atoms with E-state index < -0.39 is 0 Å². The smallest absolute Gasteiger partial charge is 0.145 e. The molecule has 2 aromatic rings. The normalized spacial score (nSPS) is 10.2. The first-order valence-corrected chi connectivity index (χ1v) is 6.38. The fraction of sp³-hybridized carbons (Fsp3) is 0.286. The maximum absolute atomic E-state index is 5.35. The highest BCUT2D eigenvalue weighted by Gasteiger charge is 2.00. The van der Waals surface area contributed by atoms with E-state index >= 15 is 0 Å². The van der Waals surface area contributed by atoms with Crippen molar-refractivity contribution in [2.75, 3.05) is 17.3 Å². The minimum Gasteiger partial charge on any atom is -0.370 e. The summed E-state index contributed by atoms with van der Waals surface area (Å²) in [4.78, 5) is 8.45. The summed E-state index contributed by atoms with van der Waals surface area (Å²) in [5.74, 6) is 7.47. The monoisotopic (exact) mass is 257 g/mol. The Balaban J connectivity index is 1.81. The summed E-state index contributed by atoms with van der Waals surface area (Å²) in [6, 6.07) is 12.3. The number of hydrogen-bond donors (Lipinski definition) is 3. The Labute approximate surface area is 113 Å². The van der Waals surface area contributed by atoms with Crippen LogP contribution < -0.4 is 16.6 Å². The number of anilines is 2. The molecule has 0 fully saturated rings. The van der Waals surface area contributed by atoms with Crippen LogP contribution in [0.15, 0.2) is 36.4 Å². The van der Waals surface area contributed by atoms with E-state index in [4.69, 9.17) is 5.84 Å². The number of hydrogen-bond acceptors (Lipinski definition) is 5. The molecule has 0 saturated carbocycles. The van der Waals surface area contributed by atoms with Gasteiger partial charge in [-0.1, -0.05) is 30.3 Å². The average Bonchev–Trinajstić information content (AvgIpc) is 2.44. The minimum atomic E-state index is 0.623. The summed E-state index contributed by atoms with van der Waals surface area (Å²) in [5, 5.41) is 3.28. The lowest BCUT2D eigenvalue weighted by molar-refractivity contribution is 0.856. The van der Waals surface area contributed by atoms with Gasteiger partial charge in [0.05, 0.1) is 0 Å². The number of hydrazine groups is 1. The lowest BCUT2D eigenvalue weighted by Gasteiger charge is -2.08. The zero-order valence-corrected chi connectivity index (χ0v) is 11.1. The van der Waals surface area contributed by atoms with Gasteiger partial charge >= 0.3 is 0 Å². The van der Waals surface area contributed by atoms with Crippen LogP contribution in [0.4, 0.5) is 11.6 Å². The quantitative estimate of drug-likeness (QED) is 0.420. The molecule has 0 saturated heterocycles. The fourth-order valence-corrected chi connectivity index (χ4v) is 1.89. The zero-order chi connectivity index (χ0) is 13.5. The largest absolute Gasteiger partial charge is 0.370 e. The van der Waals surface area contributed by atoms with E-state index in [2.05, 4.69) is 45.0 Å². The second-order valence-electron chi connectivity index (χ2n) is 4.35. The maximum Gasteiger partial charge on any atom is 0.145 e. The van der Waals surface area contributed by atoms with Crippen molar-refractivity contribution in [2.45, 2.75) is 19.8 Å². The molecule has 5 nitrogen and oxygen atoms in total. The van der Waals surface area contributed by atoms with Crippen LogP contribution >= 0.6 is 0 Å². The van der Waals surface area contributed by atoms with Crippen molar-refractivity contribution >= 4 is 11.6 Å². The third kappa shape index (κ3) is 4.22. The van der Waals surface area contributed by atoms with Gasteiger partial charge in [-0.3, -0.25) is 0 Å². The molecule has 0 bridgehead atoms. The molecule has 0 aliphatic rings. The van der Waals surface area contributed by atoms with Crippen LogP contribution in [-0.2, 0) is 6.42 Å². The lowest BCUT2D eigenvalue weighted by Crippen LogP contribution is -2.12. The topological polar surface area (TPSA) is 75.9 Å². The van der Waals surface area contributed by atoms with Gasteiger partial charge in [-0.15, -0.1) is 0 Å².